The second kappa shape index (κ2) is 11.9. The van der Waals surface area contributed by atoms with Gasteiger partial charge in [0, 0.05) is 33.0 Å². The Balaban J connectivity index is 1.51. The van der Waals surface area contributed by atoms with Gasteiger partial charge in [-0.1, -0.05) is 42.5 Å². The largest absolute Gasteiger partial charge is 0.489 e. The summed E-state index contributed by atoms with van der Waals surface area (Å²) in [7, 11) is 1.55. The first-order chi connectivity index (χ1) is 15.9. The summed E-state index contributed by atoms with van der Waals surface area (Å²) in [6.45, 7) is 1.35. The van der Waals surface area contributed by atoms with Crippen molar-refractivity contribution >= 4 is 17.9 Å². The number of likely N-dealkylation sites (N-methyl/N-ethyl adjacent to an activating group) is 1. The van der Waals surface area contributed by atoms with E-state index in [1.807, 2.05) is 54.6 Å². The normalized spacial score (nSPS) is 14.9. The molecule has 1 aliphatic heterocycles. The maximum absolute atomic E-state index is 12.6. The van der Waals surface area contributed by atoms with Gasteiger partial charge in [0.15, 0.2) is 0 Å². The van der Waals surface area contributed by atoms with Gasteiger partial charge in [-0.25, -0.2) is 4.79 Å². The average Bonchev–Trinajstić information content (AvgIpc) is 2.83. The molecule has 2 aromatic carbocycles. The van der Waals surface area contributed by atoms with Crippen LogP contribution in [0, 0.1) is 5.92 Å². The molecular formula is C25H31N3O5. The molecule has 1 saturated heterocycles. The molecule has 33 heavy (non-hydrogen) atoms. The number of carboxylic acid groups (broad SMARTS) is 1. The third-order valence-electron chi connectivity index (χ3n) is 5.87. The second-order valence-corrected chi connectivity index (χ2v) is 8.27. The summed E-state index contributed by atoms with van der Waals surface area (Å²) in [5, 5.41) is 14.5. The maximum Gasteiger partial charge on any atom is 0.407 e. The average molecular weight is 454 g/mol. The van der Waals surface area contributed by atoms with Gasteiger partial charge < -0.3 is 25.4 Å². The van der Waals surface area contributed by atoms with Crippen LogP contribution >= 0.6 is 0 Å². The van der Waals surface area contributed by atoms with Crippen molar-refractivity contribution in [2.75, 3.05) is 20.1 Å². The minimum absolute atomic E-state index is 0.118. The number of hydrogen-bond acceptors (Lipinski definition) is 4. The van der Waals surface area contributed by atoms with E-state index >= 15 is 0 Å². The minimum atomic E-state index is -0.922. The number of benzene rings is 2. The Morgan fingerprint density at radius 2 is 1.70 bits per heavy atom. The van der Waals surface area contributed by atoms with Crippen LogP contribution in [0.3, 0.4) is 0 Å². The SMILES string of the molecule is CNC(=O)[C@H](Cc1ccc(OCc2ccccc2)cc1)NC(=O)CC1CCN(C(=O)O)CC1. The van der Waals surface area contributed by atoms with Crippen molar-refractivity contribution in [3.8, 4) is 5.75 Å². The maximum atomic E-state index is 12.6. The van der Waals surface area contributed by atoms with Crippen LogP contribution in [0.15, 0.2) is 54.6 Å². The fourth-order valence-electron chi connectivity index (χ4n) is 3.93. The smallest absolute Gasteiger partial charge is 0.407 e. The Hall–Kier alpha value is -3.55. The number of likely N-dealkylation sites (tertiary alicyclic amines) is 1. The minimum Gasteiger partial charge on any atom is -0.489 e. The van der Waals surface area contributed by atoms with Gasteiger partial charge in [0.1, 0.15) is 18.4 Å². The highest BCUT2D eigenvalue weighted by atomic mass is 16.5. The van der Waals surface area contributed by atoms with Crippen molar-refractivity contribution in [2.45, 2.75) is 38.3 Å². The predicted molar refractivity (Wildman–Crippen MR) is 124 cm³/mol. The van der Waals surface area contributed by atoms with E-state index in [-0.39, 0.29) is 24.2 Å². The molecule has 0 aliphatic carbocycles. The number of nitrogens with zero attached hydrogens (tertiary/aromatic N) is 1. The van der Waals surface area contributed by atoms with Gasteiger partial charge in [0.05, 0.1) is 0 Å². The van der Waals surface area contributed by atoms with Crippen LogP contribution in [0.4, 0.5) is 4.79 Å². The topological polar surface area (TPSA) is 108 Å². The van der Waals surface area contributed by atoms with E-state index in [1.54, 1.807) is 7.05 Å². The Morgan fingerprint density at radius 3 is 2.30 bits per heavy atom. The molecule has 0 saturated carbocycles. The first-order valence-corrected chi connectivity index (χ1v) is 11.2. The zero-order valence-corrected chi connectivity index (χ0v) is 18.8. The third-order valence-corrected chi connectivity index (χ3v) is 5.87. The van der Waals surface area contributed by atoms with E-state index in [0.29, 0.717) is 39.0 Å². The molecule has 0 bridgehead atoms. The Labute approximate surface area is 193 Å². The van der Waals surface area contributed by atoms with Gasteiger partial charge in [-0.3, -0.25) is 9.59 Å². The quantitative estimate of drug-likeness (QED) is 0.541. The summed E-state index contributed by atoms with van der Waals surface area (Å²) < 4.78 is 5.80. The van der Waals surface area contributed by atoms with Crippen molar-refractivity contribution in [1.29, 1.82) is 0 Å². The zero-order valence-electron chi connectivity index (χ0n) is 18.8. The molecule has 1 fully saturated rings. The molecular weight excluding hydrogens is 422 g/mol. The van der Waals surface area contributed by atoms with Crippen molar-refractivity contribution in [3.05, 3.63) is 65.7 Å². The molecule has 1 aliphatic rings. The summed E-state index contributed by atoms with van der Waals surface area (Å²) in [6, 6.07) is 16.7. The van der Waals surface area contributed by atoms with Crippen molar-refractivity contribution in [3.63, 3.8) is 0 Å². The molecule has 2 aromatic rings. The highest BCUT2D eigenvalue weighted by Gasteiger charge is 2.26. The van der Waals surface area contributed by atoms with Crippen LogP contribution in [-0.4, -0.2) is 54.1 Å². The van der Waals surface area contributed by atoms with Crippen LogP contribution in [-0.2, 0) is 22.6 Å². The van der Waals surface area contributed by atoms with E-state index in [2.05, 4.69) is 10.6 Å². The van der Waals surface area contributed by atoms with Gasteiger partial charge in [-0.05, 0) is 42.0 Å². The molecule has 0 spiro atoms. The highest BCUT2D eigenvalue weighted by Crippen LogP contribution is 2.21. The molecule has 176 valence electrons. The first-order valence-electron chi connectivity index (χ1n) is 11.2. The molecule has 0 radical (unpaired) electrons. The lowest BCUT2D eigenvalue weighted by atomic mass is 9.93. The van der Waals surface area contributed by atoms with Crippen LogP contribution in [0.5, 0.6) is 5.75 Å². The van der Waals surface area contributed by atoms with Crippen LogP contribution < -0.4 is 15.4 Å². The number of hydrogen-bond donors (Lipinski definition) is 3. The van der Waals surface area contributed by atoms with E-state index in [9.17, 15) is 14.4 Å². The van der Waals surface area contributed by atoms with Gasteiger partial charge in [0.25, 0.3) is 0 Å². The molecule has 3 amide bonds. The first kappa shape index (κ1) is 24.1. The fraction of sp³-hybridized carbons (Fsp3) is 0.400. The Morgan fingerprint density at radius 1 is 1.03 bits per heavy atom. The molecule has 1 heterocycles. The summed E-state index contributed by atoms with van der Waals surface area (Å²) in [5.74, 6) is 0.399. The highest BCUT2D eigenvalue weighted by molar-refractivity contribution is 5.87. The number of amides is 3. The second-order valence-electron chi connectivity index (χ2n) is 8.27. The zero-order chi connectivity index (χ0) is 23.6. The lowest BCUT2D eigenvalue weighted by molar-refractivity contribution is -0.129. The lowest BCUT2D eigenvalue weighted by Gasteiger charge is -2.30. The number of ether oxygens (including phenoxy) is 1. The van der Waals surface area contributed by atoms with Crippen molar-refractivity contribution < 1.29 is 24.2 Å². The summed E-state index contributed by atoms with van der Waals surface area (Å²) in [4.78, 5) is 37.3. The summed E-state index contributed by atoms with van der Waals surface area (Å²) >= 11 is 0. The number of nitrogens with one attached hydrogen (secondary N) is 2. The van der Waals surface area contributed by atoms with Crippen LogP contribution in [0.1, 0.15) is 30.4 Å². The monoisotopic (exact) mass is 453 g/mol. The molecule has 0 aromatic heterocycles. The van der Waals surface area contributed by atoms with E-state index < -0.39 is 12.1 Å². The molecule has 3 N–H and O–H groups in total. The predicted octanol–water partition coefficient (Wildman–Crippen LogP) is 2.82. The summed E-state index contributed by atoms with van der Waals surface area (Å²) in [6.07, 6.45) is 1.02. The molecule has 1 atom stereocenters. The van der Waals surface area contributed by atoms with E-state index in [0.717, 1.165) is 16.9 Å². The Kier molecular flexibility index (Phi) is 8.69. The fourth-order valence-corrected chi connectivity index (χ4v) is 3.93. The number of carbonyl (C=O) groups excluding carboxylic acids is 2. The lowest BCUT2D eigenvalue weighted by Crippen LogP contribution is -2.47. The van der Waals surface area contributed by atoms with Gasteiger partial charge in [0.2, 0.25) is 11.8 Å². The van der Waals surface area contributed by atoms with Crippen molar-refractivity contribution in [1.82, 2.24) is 15.5 Å². The number of rotatable bonds is 9. The summed E-state index contributed by atoms with van der Waals surface area (Å²) in [5.41, 5.74) is 1.99. The number of piperidine rings is 1. The Bertz CT molecular complexity index is 925. The molecule has 0 unspecified atom stereocenters. The van der Waals surface area contributed by atoms with E-state index in [4.69, 9.17) is 9.84 Å². The van der Waals surface area contributed by atoms with Crippen LogP contribution in [0.2, 0.25) is 0 Å². The third kappa shape index (κ3) is 7.52. The van der Waals surface area contributed by atoms with Crippen molar-refractivity contribution in [2.24, 2.45) is 5.92 Å². The van der Waals surface area contributed by atoms with Gasteiger partial charge >= 0.3 is 6.09 Å². The standard InChI is InChI=1S/C25H31N3O5/c1-26-24(30)22(27-23(29)16-19-11-13-28(14-12-19)25(31)32)15-18-7-9-21(10-8-18)33-17-20-5-3-2-4-6-20/h2-10,19,22H,11-17H2,1H3,(H,26,30)(H,27,29)(H,31,32)/t22-/m0/s1. The van der Waals surface area contributed by atoms with Gasteiger partial charge in [-0.2, -0.15) is 0 Å². The molecule has 8 heteroatoms. The number of carbonyl (C=O) groups is 3. The van der Waals surface area contributed by atoms with Gasteiger partial charge in [-0.15, -0.1) is 0 Å². The van der Waals surface area contributed by atoms with Crippen LogP contribution in [0.25, 0.3) is 0 Å². The molecule has 3 rings (SSSR count). The molecule has 8 nitrogen and oxygen atoms in total. The van der Waals surface area contributed by atoms with E-state index in [1.165, 1.54) is 4.90 Å².